The van der Waals surface area contributed by atoms with E-state index >= 15 is 0 Å². The number of hydrogen-bond donors (Lipinski definition) is 1. The van der Waals surface area contributed by atoms with Crippen molar-refractivity contribution in [3.63, 3.8) is 0 Å². The van der Waals surface area contributed by atoms with Crippen LogP contribution in [-0.2, 0) is 6.54 Å². The van der Waals surface area contributed by atoms with E-state index in [9.17, 15) is 0 Å². The molecule has 1 atom stereocenters. The number of anilines is 3. The van der Waals surface area contributed by atoms with Gasteiger partial charge in [0.05, 0.1) is 5.70 Å². The summed E-state index contributed by atoms with van der Waals surface area (Å²) < 4.78 is 0. The van der Waals surface area contributed by atoms with E-state index in [1.807, 2.05) is 0 Å². The standard InChI is InChI=1S/C38H50N4/c1-26(2)29-17-20-41(21-18-29)36-15-10-16-37(42-22-19-30(23-42)27(3)4)38(36)35-25-40(6)24-33-28(5)11-9-13-31(33)32-12-7-8-14-34(32)39-35/h7-16,25-27,29-30,39H,17-24H2,1-6H3/b35-25-. The lowest BCUT2D eigenvalue weighted by molar-refractivity contribution is 0.311. The minimum Gasteiger partial charge on any atom is -0.374 e. The number of piperidine rings is 1. The zero-order valence-corrected chi connectivity index (χ0v) is 26.7. The highest BCUT2D eigenvalue weighted by Gasteiger charge is 2.31. The van der Waals surface area contributed by atoms with Gasteiger partial charge in [0.25, 0.3) is 0 Å². The summed E-state index contributed by atoms with van der Waals surface area (Å²) in [6.45, 7) is 17.2. The molecular formula is C38H50N4. The summed E-state index contributed by atoms with van der Waals surface area (Å²) in [6, 6.07) is 22.7. The summed E-state index contributed by atoms with van der Waals surface area (Å²) in [4.78, 5) is 7.73. The topological polar surface area (TPSA) is 21.8 Å². The van der Waals surface area contributed by atoms with E-state index in [1.54, 1.807) is 0 Å². The first-order valence-electron chi connectivity index (χ1n) is 16.3. The van der Waals surface area contributed by atoms with Gasteiger partial charge in [-0.05, 0) is 84.7 Å². The highest BCUT2D eigenvalue weighted by molar-refractivity contribution is 5.94. The van der Waals surface area contributed by atoms with E-state index < -0.39 is 0 Å². The SMILES string of the molecule is Cc1cccc2c1CN(C)/C=C(/c1c(N3CCC(C(C)C)CC3)cccc1N1CCC(C(C)C)C1)Nc1ccccc1-2. The molecule has 4 nitrogen and oxygen atoms in total. The van der Waals surface area contributed by atoms with Gasteiger partial charge in [0.2, 0.25) is 0 Å². The molecule has 42 heavy (non-hydrogen) atoms. The minimum absolute atomic E-state index is 0.707. The summed E-state index contributed by atoms with van der Waals surface area (Å²) in [5.74, 6) is 3.02. The summed E-state index contributed by atoms with van der Waals surface area (Å²) in [5.41, 5.74) is 11.8. The normalized spacial score (nSPS) is 20.9. The Hall–Kier alpha value is -3.40. The Bertz CT molecular complexity index is 1430. The maximum Gasteiger partial charge on any atom is 0.0661 e. The van der Waals surface area contributed by atoms with Crippen molar-refractivity contribution in [3.8, 4) is 11.1 Å². The van der Waals surface area contributed by atoms with Crippen LogP contribution in [-0.4, -0.2) is 38.1 Å². The van der Waals surface area contributed by atoms with E-state index in [2.05, 4.69) is 129 Å². The maximum atomic E-state index is 4.02. The molecule has 3 aliphatic heterocycles. The zero-order chi connectivity index (χ0) is 29.4. The fraction of sp³-hybridized carbons (Fsp3) is 0.474. The van der Waals surface area contributed by atoms with Gasteiger partial charge in [-0.2, -0.15) is 0 Å². The third-order valence-corrected chi connectivity index (χ3v) is 10.3. The van der Waals surface area contributed by atoms with E-state index in [-0.39, 0.29) is 0 Å². The van der Waals surface area contributed by atoms with E-state index in [1.165, 1.54) is 69.8 Å². The molecule has 2 fully saturated rings. The van der Waals surface area contributed by atoms with Crippen LogP contribution in [0, 0.1) is 30.6 Å². The predicted molar refractivity (Wildman–Crippen MR) is 181 cm³/mol. The van der Waals surface area contributed by atoms with Crippen LogP contribution in [0.25, 0.3) is 16.8 Å². The first kappa shape index (κ1) is 28.7. The molecule has 0 aliphatic carbocycles. The molecule has 6 rings (SSSR count). The molecule has 3 aromatic rings. The van der Waals surface area contributed by atoms with Crippen LogP contribution in [0.2, 0.25) is 0 Å². The summed E-state index contributed by atoms with van der Waals surface area (Å²) in [6.07, 6.45) is 6.18. The van der Waals surface area contributed by atoms with Crippen LogP contribution in [0.15, 0.2) is 66.9 Å². The van der Waals surface area contributed by atoms with Crippen molar-refractivity contribution in [1.29, 1.82) is 0 Å². The molecule has 0 saturated carbocycles. The lowest BCUT2D eigenvalue weighted by Gasteiger charge is -2.38. The summed E-state index contributed by atoms with van der Waals surface area (Å²) >= 11 is 0. The fourth-order valence-electron chi connectivity index (χ4n) is 7.50. The largest absolute Gasteiger partial charge is 0.374 e. The molecule has 2 saturated heterocycles. The fourth-order valence-corrected chi connectivity index (χ4v) is 7.50. The number of rotatable bonds is 5. The Morgan fingerprint density at radius 3 is 2.05 bits per heavy atom. The Balaban J connectivity index is 1.48. The minimum atomic E-state index is 0.707. The van der Waals surface area contributed by atoms with E-state index in [4.69, 9.17) is 0 Å². The Morgan fingerprint density at radius 1 is 0.714 bits per heavy atom. The van der Waals surface area contributed by atoms with Crippen molar-refractivity contribution in [2.45, 2.75) is 60.4 Å². The molecule has 0 spiro atoms. The van der Waals surface area contributed by atoms with Gasteiger partial charge >= 0.3 is 0 Å². The number of hydrogen-bond acceptors (Lipinski definition) is 4. The number of benzene rings is 3. The molecule has 4 heteroatoms. The number of nitrogens with zero attached hydrogens (tertiary/aromatic N) is 3. The second kappa shape index (κ2) is 12.1. The zero-order valence-electron chi connectivity index (χ0n) is 26.7. The average Bonchev–Trinajstić information content (AvgIpc) is 3.50. The van der Waals surface area contributed by atoms with Crippen LogP contribution in [0.5, 0.6) is 0 Å². The molecule has 0 aromatic heterocycles. The average molecular weight is 563 g/mol. The smallest absolute Gasteiger partial charge is 0.0661 e. The van der Waals surface area contributed by atoms with Crippen molar-refractivity contribution in [3.05, 3.63) is 83.6 Å². The molecule has 3 aliphatic rings. The predicted octanol–water partition coefficient (Wildman–Crippen LogP) is 8.87. The number of aryl methyl sites for hydroxylation is 1. The van der Waals surface area contributed by atoms with E-state index in [0.29, 0.717) is 5.92 Å². The van der Waals surface area contributed by atoms with Gasteiger partial charge < -0.3 is 20.0 Å². The Kier molecular flexibility index (Phi) is 8.25. The first-order chi connectivity index (χ1) is 20.3. The quantitative estimate of drug-likeness (QED) is 0.335. The van der Waals surface area contributed by atoms with Crippen molar-refractivity contribution in [2.24, 2.45) is 23.7 Å². The highest BCUT2D eigenvalue weighted by atomic mass is 15.2. The van der Waals surface area contributed by atoms with Crippen LogP contribution in [0.1, 0.15) is 63.6 Å². The summed E-state index contributed by atoms with van der Waals surface area (Å²) in [7, 11) is 2.23. The molecule has 0 radical (unpaired) electrons. The van der Waals surface area contributed by atoms with Crippen molar-refractivity contribution >= 4 is 22.8 Å². The van der Waals surface area contributed by atoms with Gasteiger partial charge in [-0.1, -0.05) is 70.2 Å². The van der Waals surface area contributed by atoms with Crippen LogP contribution < -0.4 is 15.1 Å². The van der Waals surface area contributed by atoms with Gasteiger partial charge in [0, 0.05) is 74.2 Å². The monoisotopic (exact) mass is 562 g/mol. The molecule has 0 bridgehead atoms. The summed E-state index contributed by atoms with van der Waals surface area (Å²) in [5, 5.41) is 4.02. The van der Waals surface area contributed by atoms with Gasteiger partial charge in [0.1, 0.15) is 0 Å². The number of para-hydroxylation sites is 1. The lowest BCUT2D eigenvalue weighted by atomic mass is 9.86. The maximum absolute atomic E-state index is 4.02. The van der Waals surface area contributed by atoms with Gasteiger partial charge in [-0.25, -0.2) is 0 Å². The number of fused-ring (bicyclic) bond motifs is 3. The molecule has 3 aromatic carbocycles. The highest BCUT2D eigenvalue weighted by Crippen LogP contribution is 2.43. The Morgan fingerprint density at radius 2 is 1.33 bits per heavy atom. The Labute approximate surface area is 254 Å². The molecule has 222 valence electrons. The lowest BCUT2D eigenvalue weighted by Crippen LogP contribution is -2.36. The van der Waals surface area contributed by atoms with Gasteiger partial charge in [0.15, 0.2) is 0 Å². The molecule has 0 amide bonds. The molecule has 3 heterocycles. The second-order valence-corrected chi connectivity index (χ2v) is 13.7. The van der Waals surface area contributed by atoms with Crippen LogP contribution >= 0.6 is 0 Å². The van der Waals surface area contributed by atoms with Crippen molar-refractivity contribution in [2.75, 3.05) is 48.3 Å². The van der Waals surface area contributed by atoms with Crippen LogP contribution in [0.4, 0.5) is 17.1 Å². The van der Waals surface area contributed by atoms with Crippen LogP contribution in [0.3, 0.4) is 0 Å². The third kappa shape index (κ3) is 5.65. The van der Waals surface area contributed by atoms with Crippen molar-refractivity contribution < 1.29 is 0 Å². The van der Waals surface area contributed by atoms with Crippen molar-refractivity contribution in [1.82, 2.24) is 4.90 Å². The number of nitrogens with one attached hydrogen (secondary N) is 1. The molecule has 1 N–H and O–H groups in total. The second-order valence-electron chi connectivity index (χ2n) is 13.7. The molecular weight excluding hydrogens is 512 g/mol. The molecule has 1 unspecified atom stereocenters. The third-order valence-electron chi connectivity index (χ3n) is 10.3. The van der Waals surface area contributed by atoms with Gasteiger partial charge in [-0.15, -0.1) is 0 Å². The first-order valence-corrected chi connectivity index (χ1v) is 16.3. The van der Waals surface area contributed by atoms with E-state index in [0.717, 1.165) is 50.5 Å². The van der Waals surface area contributed by atoms with Gasteiger partial charge in [-0.3, -0.25) is 0 Å².